The van der Waals surface area contributed by atoms with Gasteiger partial charge >= 0.3 is 12.2 Å². The highest BCUT2D eigenvalue weighted by molar-refractivity contribution is 6.05. The van der Waals surface area contributed by atoms with Gasteiger partial charge in [0.05, 0.1) is 18.7 Å². The average molecular weight is 321 g/mol. The third kappa shape index (κ3) is 2.67. The number of imide groups is 1. The number of ether oxygens (including phenoxy) is 1. The summed E-state index contributed by atoms with van der Waals surface area (Å²) in [6.45, 7) is -0.308. The van der Waals surface area contributed by atoms with E-state index in [0.29, 0.717) is 19.4 Å². The van der Waals surface area contributed by atoms with Crippen LogP contribution in [-0.2, 0) is 9.53 Å². The van der Waals surface area contributed by atoms with Crippen LogP contribution in [0.25, 0.3) is 0 Å². The molecule has 0 unspecified atom stereocenters. The number of nitrogens with zero attached hydrogens (tertiary/aromatic N) is 3. The Hall–Kier alpha value is -1.35. The van der Waals surface area contributed by atoms with Gasteiger partial charge in [-0.05, 0) is 6.42 Å². The molecule has 0 spiro atoms. The molecule has 3 rings (SSSR count). The van der Waals surface area contributed by atoms with E-state index in [0.717, 1.165) is 4.90 Å². The number of hydrogen-bond acceptors (Lipinski definition) is 4. The van der Waals surface area contributed by atoms with Crippen LogP contribution < -0.4 is 0 Å². The molecule has 3 amide bonds. The summed E-state index contributed by atoms with van der Waals surface area (Å²) < 4.78 is 42.5. The summed E-state index contributed by atoms with van der Waals surface area (Å²) in [5, 5.41) is 0. The van der Waals surface area contributed by atoms with Gasteiger partial charge in [0.1, 0.15) is 6.04 Å². The number of urea groups is 1. The molecule has 3 heterocycles. The summed E-state index contributed by atoms with van der Waals surface area (Å²) in [5.41, 5.74) is 0. The van der Waals surface area contributed by atoms with Crippen LogP contribution in [0.2, 0.25) is 0 Å². The summed E-state index contributed by atoms with van der Waals surface area (Å²) in [6, 6.07) is -1.38. The average Bonchev–Trinajstić information content (AvgIpc) is 3.07. The molecule has 3 aliphatic heterocycles. The van der Waals surface area contributed by atoms with Crippen LogP contribution in [0.4, 0.5) is 18.0 Å². The van der Waals surface area contributed by atoms with Crippen molar-refractivity contribution in [1.29, 1.82) is 0 Å². The zero-order valence-corrected chi connectivity index (χ0v) is 12.2. The Morgan fingerprint density at radius 3 is 2.59 bits per heavy atom. The molecule has 6 nitrogen and oxygen atoms in total. The van der Waals surface area contributed by atoms with E-state index in [-0.39, 0.29) is 25.1 Å². The first kappa shape index (κ1) is 15.5. The van der Waals surface area contributed by atoms with Gasteiger partial charge in [0.2, 0.25) is 0 Å². The molecule has 0 aromatic rings. The zero-order valence-electron chi connectivity index (χ0n) is 12.2. The van der Waals surface area contributed by atoms with Gasteiger partial charge in [0.25, 0.3) is 5.91 Å². The molecule has 0 saturated carbocycles. The Morgan fingerprint density at radius 2 is 2.00 bits per heavy atom. The van der Waals surface area contributed by atoms with E-state index in [1.54, 1.807) is 0 Å². The Bertz CT molecular complexity index is 461. The quantitative estimate of drug-likeness (QED) is 0.717. The predicted molar refractivity (Wildman–Crippen MR) is 69.1 cm³/mol. The number of rotatable bonds is 3. The lowest BCUT2D eigenvalue weighted by molar-refractivity contribution is -0.143. The lowest BCUT2D eigenvalue weighted by Crippen LogP contribution is -2.44. The fraction of sp³-hybridized carbons (Fsp3) is 0.846. The third-order valence-corrected chi connectivity index (χ3v) is 4.59. The van der Waals surface area contributed by atoms with Crippen LogP contribution in [0.5, 0.6) is 0 Å². The molecule has 3 atom stereocenters. The van der Waals surface area contributed by atoms with Crippen molar-refractivity contribution in [2.24, 2.45) is 0 Å². The van der Waals surface area contributed by atoms with E-state index >= 15 is 0 Å². The Labute approximate surface area is 125 Å². The SMILES string of the molecule is CO[C@@H]1C[C@@H]2C(=O)N([C@@H]3CCN(CC(F)(F)F)C3)C(=O)N2C1. The van der Waals surface area contributed by atoms with Crippen molar-refractivity contribution in [2.45, 2.75) is 37.2 Å². The molecule has 124 valence electrons. The molecular weight excluding hydrogens is 303 g/mol. The minimum Gasteiger partial charge on any atom is -0.380 e. The van der Waals surface area contributed by atoms with Gasteiger partial charge in [-0.2, -0.15) is 13.2 Å². The normalized spacial score (nSPS) is 33.2. The molecule has 22 heavy (non-hydrogen) atoms. The summed E-state index contributed by atoms with van der Waals surface area (Å²) in [5.74, 6) is -0.302. The zero-order chi connectivity index (χ0) is 16.1. The number of carbonyl (C=O) groups excluding carboxylic acids is 2. The molecule has 0 aromatic heterocycles. The minimum atomic E-state index is -4.26. The largest absolute Gasteiger partial charge is 0.401 e. The molecule has 0 radical (unpaired) electrons. The first-order valence-corrected chi connectivity index (χ1v) is 7.25. The minimum absolute atomic E-state index is 0.0885. The second-order valence-corrected chi connectivity index (χ2v) is 6.05. The number of halogens is 3. The number of fused-ring (bicyclic) bond motifs is 1. The van der Waals surface area contributed by atoms with Gasteiger partial charge in [-0.25, -0.2) is 4.79 Å². The molecule has 0 aliphatic carbocycles. The number of amides is 3. The maximum atomic E-state index is 12.4. The first-order chi connectivity index (χ1) is 10.3. The van der Waals surface area contributed by atoms with Crippen molar-refractivity contribution >= 4 is 11.9 Å². The smallest absolute Gasteiger partial charge is 0.380 e. The van der Waals surface area contributed by atoms with Crippen molar-refractivity contribution in [3.8, 4) is 0 Å². The number of carbonyl (C=O) groups is 2. The lowest BCUT2D eigenvalue weighted by Gasteiger charge is -2.24. The predicted octanol–water partition coefficient (Wildman–Crippen LogP) is 0.674. The van der Waals surface area contributed by atoms with Crippen LogP contribution in [0.1, 0.15) is 12.8 Å². The van der Waals surface area contributed by atoms with Gasteiger partial charge in [-0.3, -0.25) is 14.6 Å². The maximum absolute atomic E-state index is 12.4. The number of likely N-dealkylation sites (tertiary alicyclic amines) is 1. The Morgan fingerprint density at radius 1 is 1.27 bits per heavy atom. The van der Waals surface area contributed by atoms with Gasteiger partial charge in [0, 0.05) is 33.2 Å². The van der Waals surface area contributed by atoms with Gasteiger partial charge < -0.3 is 9.64 Å². The summed E-state index contributed by atoms with van der Waals surface area (Å²) >= 11 is 0. The lowest BCUT2D eigenvalue weighted by atomic mass is 10.1. The molecule has 3 saturated heterocycles. The van der Waals surface area contributed by atoms with Crippen molar-refractivity contribution in [1.82, 2.24) is 14.7 Å². The Kier molecular flexibility index (Phi) is 3.80. The summed E-state index contributed by atoms with van der Waals surface area (Å²) in [4.78, 5) is 28.7. The molecular formula is C13H18F3N3O3. The summed E-state index contributed by atoms with van der Waals surface area (Å²) in [6.07, 6.45) is -3.57. The third-order valence-electron chi connectivity index (χ3n) is 4.59. The topological polar surface area (TPSA) is 53.1 Å². The number of alkyl halides is 3. The fourth-order valence-corrected chi connectivity index (χ4v) is 3.56. The van der Waals surface area contributed by atoms with Gasteiger partial charge in [-0.1, -0.05) is 0 Å². The van der Waals surface area contributed by atoms with Crippen LogP contribution in [0.15, 0.2) is 0 Å². The highest BCUT2D eigenvalue weighted by Gasteiger charge is 2.53. The highest BCUT2D eigenvalue weighted by Crippen LogP contribution is 2.32. The molecule has 0 aromatic carbocycles. The van der Waals surface area contributed by atoms with Gasteiger partial charge in [0.15, 0.2) is 0 Å². The van der Waals surface area contributed by atoms with E-state index in [1.807, 2.05) is 0 Å². The second-order valence-electron chi connectivity index (χ2n) is 6.05. The first-order valence-electron chi connectivity index (χ1n) is 7.25. The second kappa shape index (κ2) is 5.38. The van der Waals surface area contributed by atoms with Crippen LogP contribution in [-0.4, -0.2) is 84.3 Å². The molecule has 0 bridgehead atoms. The van der Waals surface area contributed by atoms with Crippen molar-refractivity contribution in [3.63, 3.8) is 0 Å². The fourth-order valence-electron chi connectivity index (χ4n) is 3.56. The van der Waals surface area contributed by atoms with Crippen LogP contribution in [0, 0.1) is 0 Å². The highest BCUT2D eigenvalue weighted by atomic mass is 19.4. The van der Waals surface area contributed by atoms with E-state index < -0.39 is 30.8 Å². The van der Waals surface area contributed by atoms with E-state index in [4.69, 9.17) is 4.74 Å². The molecule has 9 heteroatoms. The number of hydrogen-bond donors (Lipinski definition) is 0. The number of methoxy groups -OCH3 is 1. The van der Waals surface area contributed by atoms with E-state index in [1.165, 1.54) is 16.9 Å². The molecule has 0 N–H and O–H groups in total. The van der Waals surface area contributed by atoms with Gasteiger partial charge in [-0.15, -0.1) is 0 Å². The van der Waals surface area contributed by atoms with Crippen molar-refractivity contribution in [3.05, 3.63) is 0 Å². The standard InChI is InChI=1S/C13H18F3N3O3/c1-22-9-4-10-11(20)19(12(21)18(10)6-9)8-2-3-17(5-8)7-13(14,15)16/h8-10H,2-7H2,1H3/t8-,9-,10-/m1/s1. The van der Waals surface area contributed by atoms with Crippen molar-refractivity contribution < 1.29 is 27.5 Å². The summed E-state index contributed by atoms with van der Waals surface area (Å²) in [7, 11) is 1.53. The van der Waals surface area contributed by atoms with Crippen molar-refractivity contribution in [2.75, 3.05) is 33.3 Å². The maximum Gasteiger partial charge on any atom is 0.401 e. The Balaban J connectivity index is 1.65. The monoisotopic (exact) mass is 321 g/mol. The van der Waals surface area contributed by atoms with E-state index in [2.05, 4.69) is 0 Å². The van der Waals surface area contributed by atoms with E-state index in [9.17, 15) is 22.8 Å². The van der Waals surface area contributed by atoms with Crippen LogP contribution >= 0.6 is 0 Å². The van der Waals surface area contributed by atoms with Crippen LogP contribution in [0.3, 0.4) is 0 Å². The molecule has 3 aliphatic rings. The molecule has 3 fully saturated rings.